The number of anilines is 1. The maximum Gasteiger partial charge on any atom is 0.214 e. The first-order chi connectivity index (χ1) is 9.98. The zero-order valence-electron chi connectivity index (χ0n) is 12.8. The van der Waals surface area contributed by atoms with Crippen LogP contribution in [0.3, 0.4) is 0 Å². The number of hydrogen-bond donors (Lipinski definition) is 2. The van der Waals surface area contributed by atoms with Gasteiger partial charge in [-0.2, -0.15) is 4.98 Å². The van der Waals surface area contributed by atoms with E-state index in [2.05, 4.69) is 19.9 Å². The third-order valence-corrected chi connectivity index (χ3v) is 4.05. The van der Waals surface area contributed by atoms with Gasteiger partial charge in [0.15, 0.2) is 5.84 Å². The minimum Gasteiger partial charge on any atom is -0.481 e. The summed E-state index contributed by atoms with van der Waals surface area (Å²) in [7, 11) is 1.61. The van der Waals surface area contributed by atoms with Gasteiger partial charge in [-0.05, 0) is 19.9 Å². The van der Waals surface area contributed by atoms with Crippen LogP contribution in [0, 0.1) is 0 Å². The maximum atomic E-state index is 8.89. The van der Waals surface area contributed by atoms with Crippen LogP contribution < -0.4 is 15.4 Å². The topological polar surface area (TPSA) is 87.2 Å². The van der Waals surface area contributed by atoms with Gasteiger partial charge in [0.05, 0.1) is 12.6 Å². The molecule has 21 heavy (non-hydrogen) atoms. The fourth-order valence-electron chi connectivity index (χ4n) is 2.47. The molecule has 2 heterocycles. The summed E-state index contributed by atoms with van der Waals surface area (Å²) in [6, 6.07) is 5.75. The van der Waals surface area contributed by atoms with Gasteiger partial charge in [0.1, 0.15) is 5.82 Å². The van der Waals surface area contributed by atoms with Gasteiger partial charge >= 0.3 is 0 Å². The summed E-state index contributed by atoms with van der Waals surface area (Å²) in [4.78, 5) is 8.87. The van der Waals surface area contributed by atoms with Crippen molar-refractivity contribution in [3.8, 4) is 5.88 Å². The van der Waals surface area contributed by atoms with Crippen LogP contribution in [-0.2, 0) is 0 Å². The van der Waals surface area contributed by atoms with Gasteiger partial charge in [-0.3, -0.25) is 4.90 Å². The number of ether oxygens (including phenoxy) is 1. The number of methoxy groups -OCH3 is 1. The molecule has 0 unspecified atom stereocenters. The number of hydrogen-bond acceptors (Lipinski definition) is 6. The third-order valence-electron chi connectivity index (χ3n) is 4.05. The number of nitrogens with zero attached hydrogens (tertiary/aromatic N) is 4. The predicted molar refractivity (Wildman–Crippen MR) is 82.1 cm³/mol. The summed E-state index contributed by atoms with van der Waals surface area (Å²) in [5, 5.41) is 12.0. The molecule has 1 aliphatic heterocycles. The van der Waals surface area contributed by atoms with Gasteiger partial charge in [-0.1, -0.05) is 11.2 Å². The first-order valence-electron chi connectivity index (χ1n) is 6.98. The molecule has 116 valence electrons. The van der Waals surface area contributed by atoms with E-state index in [1.807, 2.05) is 32.0 Å². The lowest BCUT2D eigenvalue weighted by Gasteiger charge is -2.43. The first-order valence-corrected chi connectivity index (χ1v) is 6.98. The molecule has 0 atom stereocenters. The van der Waals surface area contributed by atoms with Crippen molar-refractivity contribution in [3.05, 3.63) is 18.2 Å². The lowest BCUT2D eigenvalue weighted by Crippen LogP contribution is -2.59. The molecule has 3 N–H and O–H groups in total. The molecule has 1 saturated heterocycles. The van der Waals surface area contributed by atoms with Crippen LogP contribution in [0.4, 0.5) is 5.82 Å². The Morgan fingerprint density at radius 2 is 2.00 bits per heavy atom. The molecule has 1 aliphatic rings. The maximum absolute atomic E-state index is 8.89. The number of pyridine rings is 1. The van der Waals surface area contributed by atoms with Gasteiger partial charge in [0.2, 0.25) is 5.88 Å². The Morgan fingerprint density at radius 3 is 2.57 bits per heavy atom. The van der Waals surface area contributed by atoms with Crippen LogP contribution in [-0.4, -0.2) is 59.8 Å². The van der Waals surface area contributed by atoms with E-state index in [1.165, 1.54) is 0 Å². The van der Waals surface area contributed by atoms with E-state index in [1.54, 1.807) is 7.11 Å². The Balaban J connectivity index is 2.03. The van der Waals surface area contributed by atoms with Crippen molar-refractivity contribution in [2.45, 2.75) is 19.4 Å². The van der Waals surface area contributed by atoms with Gasteiger partial charge in [0.25, 0.3) is 0 Å². The summed E-state index contributed by atoms with van der Waals surface area (Å²) < 4.78 is 5.16. The average Bonchev–Trinajstić information content (AvgIpc) is 2.54. The third kappa shape index (κ3) is 3.18. The standard InChI is InChI=1S/C14H23N5O2/c1-14(2,13(15)17-20)19-9-7-18(8-10-19)11-5-4-6-12(16-11)21-3/h4-6,20H,7-10H2,1-3H3,(H2,15,17). The molecule has 0 spiro atoms. The molecule has 0 aromatic carbocycles. The van der Waals surface area contributed by atoms with E-state index in [9.17, 15) is 0 Å². The van der Waals surface area contributed by atoms with E-state index < -0.39 is 5.54 Å². The van der Waals surface area contributed by atoms with Crippen LogP contribution in [0.1, 0.15) is 13.8 Å². The van der Waals surface area contributed by atoms with E-state index in [-0.39, 0.29) is 5.84 Å². The van der Waals surface area contributed by atoms with Crippen LogP contribution in [0.25, 0.3) is 0 Å². The number of aromatic nitrogens is 1. The predicted octanol–water partition coefficient (Wildman–Crippen LogP) is 0.737. The molecule has 0 saturated carbocycles. The summed E-state index contributed by atoms with van der Waals surface area (Å²) in [6.45, 7) is 7.23. The van der Waals surface area contributed by atoms with Crippen LogP contribution >= 0.6 is 0 Å². The van der Waals surface area contributed by atoms with Crippen molar-refractivity contribution in [2.24, 2.45) is 10.9 Å². The normalized spacial score (nSPS) is 17.9. The Labute approximate surface area is 125 Å². The molecule has 0 radical (unpaired) electrons. The summed E-state index contributed by atoms with van der Waals surface area (Å²) >= 11 is 0. The Bertz CT molecular complexity index is 510. The Hall–Kier alpha value is -2.02. The lowest BCUT2D eigenvalue weighted by atomic mass is 10.0. The monoisotopic (exact) mass is 293 g/mol. The molecule has 7 nitrogen and oxygen atoms in total. The Kier molecular flexibility index (Phi) is 4.52. The van der Waals surface area contributed by atoms with Crippen molar-refractivity contribution in [1.29, 1.82) is 0 Å². The van der Waals surface area contributed by atoms with Crippen molar-refractivity contribution < 1.29 is 9.94 Å². The zero-order chi connectivity index (χ0) is 15.5. The molecule has 0 amide bonds. The first kappa shape index (κ1) is 15.4. The van der Waals surface area contributed by atoms with Gasteiger partial charge in [-0.15, -0.1) is 0 Å². The quantitative estimate of drug-likeness (QED) is 0.368. The summed E-state index contributed by atoms with van der Waals surface area (Å²) in [5.41, 5.74) is 5.33. The highest BCUT2D eigenvalue weighted by Gasteiger charge is 2.34. The second-order valence-corrected chi connectivity index (χ2v) is 5.56. The van der Waals surface area contributed by atoms with Crippen molar-refractivity contribution >= 4 is 11.7 Å². The van der Waals surface area contributed by atoms with Crippen molar-refractivity contribution in [2.75, 3.05) is 38.2 Å². The fourth-order valence-corrected chi connectivity index (χ4v) is 2.47. The van der Waals surface area contributed by atoms with Gasteiger partial charge in [-0.25, -0.2) is 0 Å². The molecular formula is C14H23N5O2. The molecule has 0 bridgehead atoms. The number of amidine groups is 1. The number of nitrogens with two attached hydrogens (primary N) is 1. The van der Waals surface area contributed by atoms with Crippen LogP contribution in [0.5, 0.6) is 5.88 Å². The van der Waals surface area contributed by atoms with E-state index in [0.717, 1.165) is 32.0 Å². The fraction of sp³-hybridized carbons (Fsp3) is 0.571. The van der Waals surface area contributed by atoms with E-state index in [0.29, 0.717) is 5.88 Å². The van der Waals surface area contributed by atoms with Crippen LogP contribution in [0.15, 0.2) is 23.4 Å². The molecule has 1 aromatic rings. The summed E-state index contributed by atoms with van der Waals surface area (Å²) in [6.07, 6.45) is 0. The molecule has 2 rings (SSSR count). The highest BCUT2D eigenvalue weighted by Crippen LogP contribution is 2.21. The Morgan fingerprint density at radius 1 is 1.33 bits per heavy atom. The number of oxime groups is 1. The van der Waals surface area contributed by atoms with E-state index in [4.69, 9.17) is 15.7 Å². The molecule has 0 aliphatic carbocycles. The van der Waals surface area contributed by atoms with Gasteiger partial charge < -0.3 is 20.6 Å². The lowest BCUT2D eigenvalue weighted by molar-refractivity contribution is 0.161. The SMILES string of the molecule is COc1cccc(N2CCN(C(C)(C)C(N)=NO)CC2)n1. The average molecular weight is 293 g/mol. The number of rotatable bonds is 4. The molecular weight excluding hydrogens is 270 g/mol. The zero-order valence-corrected chi connectivity index (χ0v) is 12.8. The highest BCUT2D eigenvalue weighted by atomic mass is 16.5. The van der Waals surface area contributed by atoms with Crippen molar-refractivity contribution in [3.63, 3.8) is 0 Å². The molecule has 7 heteroatoms. The molecule has 1 fully saturated rings. The van der Waals surface area contributed by atoms with E-state index >= 15 is 0 Å². The smallest absolute Gasteiger partial charge is 0.214 e. The molecule has 1 aromatic heterocycles. The summed E-state index contributed by atoms with van der Waals surface area (Å²) in [5.74, 6) is 1.76. The second kappa shape index (κ2) is 6.17. The largest absolute Gasteiger partial charge is 0.481 e. The highest BCUT2D eigenvalue weighted by molar-refractivity contribution is 5.88. The number of piperazine rings is 1. The second-order valence-electron chi connectivity index (χ2n) is 5.56. The van der Waals surface area contributed by atoms with Crippen molar-refractivity contribution in [1.82, 2.24) is 9.88 Å². The minimum absolute atomic E-state index is 0.232. The van der Waals surface area contributed by atoms with Gasteiger partial charge in [0, 0.05) is 32.2 Å². The van der Waals surface area contributed by atoms with Crippen LogP contribution in [0.2, 0.25) is 0 Å². The minimum atomic E-state index is -0.456.